The number of benzene rings is 3. The van der Waals surface area contributed by atoms with Crippen LogP contribution < -0.4 is 10.4 Å². The van der Waals surface area contributed by atoms with Gasteiger partial charge in [0.2, 0.25) is 11.8 Å². The van der Waals surface area contributed by atoms with Gasteiger partial charge in [-0.15, -0.1) is 0 Å². The summed E-state index contributed by atoms with van der Waals surface area (Å²) in [7, 11) is 0. The minimum Gasteiger partial charge on any atom is -0.311 e. The SMILES string of the molecule is CC(=O)N1C=Cc2ccccc2[C@H]1CC(=O)NN(c1ccccc1)c1ccccc1. The lowest BCUT2D eigenvalue weighted by Crippen LogP contribution is -2.41. The number of amides is 2. The quantitative estimate of drug-likeness (QED) is 0.628. The molecule has 2 amide bonds. The molecule has 0 bridgehead atoms. The van der Waals surface area contributed by atoms with E-state index in [2.05, 4.69) is 5.43 Å². The molecular formula is C25H23N3O2. The summed E-state index contributed by atoms with van der Waals surface area (Å²) < 4.78 is 0. The third-order valence-electron chi connectivity index (χ3n) is 5.11. The van der Waals surface area contributed by atoms with Crippen LogP contribution in [0.2, 0.25) is 0 Å². The molecule has 4 rings (SSSR count). The topological polar surface area (TPSA) is 52.7 Å². The molecule has 3 aromatic carbocycles. The first kappa shape index (κ1) is 19.5. The molecule has 0 aliphatic carbocycles. The Morgan fingerprint density at radius 2 is 1.43 bits per heavy atom. The van der Waals surface area contributed by atoms with Gasteiger partial charge in [0.1, 0.15) is 0 Å². The van der Waals surface area contributed by atoms with Gasteiger partial charge >= 0.3 is 0 Å². The molecule has 0 spiro atoms. The molecule has 5 nitrogen and oxygen atoms in total. The van der Waals surface area contributed by atoms with Crippen molar-refractivity contribution in [2.24, 2.45) is 0 Å². The fourth-order valence-corrected chi connectivity index (χ4v) is 3.69. The summed E-state index contributed by atoms with van der Waals surface area (Å²) >= 11 is 0. The van der Waals surface area contributed by atoms with Crippen molar-refractivity contribution in [1.29, 1.82) is 0 Å². The van der Waals surface area contributed by atoms with Gasteiger partial charge in [-0.1, -0.05) is 60.7 Å². The van der Waals surface area contributed by atoms with E-state index >= 15 is 0 Å². The monoisotopic (exact) mass is 397 g/mol. The maximum Gasteiger partial charge on any atom is 0.241 e. The highest BCUT2D eigenvalue weighted by Crippen LogP contribution is 2.33. The van der Waals surface area contributed by atoms with Gasteiger partial charge in [-0.2, -0.15) is 0 Å². The van der Waals surface area contributed by atoms with Crippen molar-refractivity contribution in [3.63, 3.8) is 0 Å². The predicted octanol–water partition coefficient (Wildman–Crippen LogP) is 4.82. The molecule has 1 N–H and O–H groups in total. The Morgan fingerprint density at radius 3 is 2.03 bits per heavy atom. The predicted molar refractivity (Wildman–Crippen MR) is 119 cm³/mol. The zero-order chi connectivity index (χ0) is 20.9. The van der Waals surface area contributed by atoms with Crippen molar-refractivity contribution in [3.05, 3.63) is 102 Å². The Bertz CT molecular complexity index is 1020. The highest BCUT2D eigenvalue weighted by molar-refractivity contribution is 5.84. The first-order valence-electron chi connectivity index (χ1n) is 9.89. The van der Waals surface area contributed by atoms with Crippen molar-refractivity contribution in [2.75, 3.05) is 5.01 Å². The summed E-state index contributed by atoms with van der Waals surface area (Å²) in [5.74, 6) is -0.273. The normalized spacial score (nSPS) is 14.7. The lowest BCUT2D eigenvalue weighted by molar-refractivity contribution is -0.129. The molecule has 3 aromatic rings. The van der Waals surface area contributed by atoms with Gasteiger partial charge in [-0.05, 0) is 41.5 Å². The number of anilines is 2. The summed E-state index contributed by atoms with van der Waals surface area (Å²) in [5.41, 5.74) is 6.71. The number of hydrazine groups is 1. The third-order valence-corrected chi connectivity index (χ3v) is 5.11. The van der Waals surface area contributed by atoms with E-state index in [1.54, 1.807) is 16.1 Å². The van der Waals surface area contributed by atoms with Crippen LogP contribution in [-0.2, 0) is 9.59 Å². The van der Waals surface area contributed by atoms with Crippen LogP contribution in [-0.4, -0.2) is 16.7 Å². The van der Waals surface area contributed by atoms with E-state index in [-0.39, 0.29) is 24.3 Å². The standard InChI is InChI=1S/C25H23N3O2/c1-19(29)27-17-16-20-10-8-9-15-23(20)24(27)18-25(30)26-28(21-11-4-2-5-12-21)22-13-6-3-7-14-22/h2-17,24H,18H2,1H3,(H,26,30)/t24-/m1/s1. The van der Waals surface area contributed by atoms with Crippen LogP contribution in [0.5, 0.6) is 0 Å². The molecule has 1 heterocycles. The molecule has 30 heavy (non-hydrogen) atoms. The summed E-state index contributed by atoms with van der Waals surface area (Å²) in [6.07, 6.45) is 3.82. The molecule has 5 heteroatoms. The number of carbonyl (C=O) groups is 2. The van der Waals surface area contributed by atoms with Crippen molar-refractivity contribution in [1.82, 2.24) is 10.3 Å². The van der Waals surface area contributed by atoms with Gasteiger partial charge in [0.25, 0.3) is 0 Å². The van der Waals surface area contributed by atoms with Gasteiger partial charge in [-0.3, -0.25) is 20.0 Å². The van der Waals surface area contributed by atoms with Crippen LogP contribution >= 0.6 is 0 Å². The zero-order valence-corrected chi connectivity index (χ0v) is 16.7. The molecule has 0 unspecified atom stereocenters. The largest absolute Gasteiger partial charge is 0.311 e. The number of nitrogens with zero attached hydrogens (tertiary/aromatic N) is 2. The fourth-order valence-electron chi connectivity index (χ4n) is 3.69. The second kappa shape index (κ2) is 8.66. The number of fused-ring (bicyclic) bond motifs is 1. The molecule has 1 aliphatic heterocycles. The van der Waals surface area contributed by atoms with E-state index in [0.29, 0.717) is 0 Å². The first-order chi connectivity index (χ1) is 14.6. The zero-order valence-electron chi connectivity index (χ0n) is 16.7. The van der Waals surface area contributed by atoms with Crippen molar-refractivity contribution in [3.8, 4) is 0 Å². The summed E-state index contributed by atoms with van der Waals surface area (Å²) in [6.45, 7) is 1.52. The summed E-state index contributed by atoms with van der Waals surface area (Å²) in [4.78, 5) is 27.0. The Balaban J connectivity index is 1.60. The molecule has 0 saturated carbocycles. The number of para-hydroxylation sites is 2. The molecule has 0 saturated heterocycles. The van der Waals surface area contributed by atoms with Crippen molar-refractivity contribution < 1.29 is 9.59 Å². The van der Waals surface area contributed by atoms with E-state index < -0.39 is 0 Å². The second-order valence-electron chi connectivity index (χ2n) is 7.13. The lowest BCUT2D eigenvalue weighted by atomic mass is 9.93. The Kier molecular flexibility index (Phi) is 5.61. The highest BCUT2D eigenvalue weighted by Gasteiger charge is 2.28. The number of hydrogen-bond acceptors (Lipinski definition) is 3. The molecule has 150 valence electrons. The molecule has 0 fully saturated rings. The van der Waals surface area contributed by atoms with Crippen LogP contribution in [0.3, 0.4) is 0 Å². The Morgan fingerprint density at radius 1 is 0.867 bits per heavy atom. The van der Waals surface area contributed by atoms with Crippen LogP contribution in [0.4, 0.5) is 11.4 Å². The van der Waals surface area contributed by atoms with E-state index in [0.717, 1.165) is 22.5 Å². The van der Waals surface area contributed by atoms with E-state index in [1.807, 2.05) is 91.0 Å². The number of nitrogens with one attached hydrogen (secondary N) is 1. The first-order valence-corrected chi connectivity index (χ1v) is 9.89. The number of hydrogen-bond donors (Lipinski definition) is 1. The van der Waals surface area contributed by atoms with Crippen LogP contribution in [0.25, 0.3) is 6.08 Å². The van der Waals surface area contributed by atoms with E-state index in [4.69, 9.17) is 0 Å². The van der Waals surface area contributed by atoms with Crippen molar-refractivity contribution in [2.45, 2.75) is 19.4 Å². The van der Waals surface area contributed by atoms with E-state index in [9.17, 15) is 9.59 Å². The van der Waals surface area contributed by atoms with Crippen LogP contribution in [0.15, 0.2) is 91.1 Å². The molecule has 0 radical (unpaired) electrons. The van der Waals surface area contributed by atoms with Crippen LogP contribution in [0, 0.1) is 0 Å². The number of rotatable bonds is 5. The van der Waals surface area contributed by atoms with E-state index in [1.165, 1.54) is 6.92 Å². The van der Waals surface area contributed by atoms with Gasteiger partial charge in [0.05, 0.1) is 23.8 Å². The second-order valence-corrected chi connectivity index (χ2v) is 7.13. The maximum atomic E-state index is 13.1. The minimum absolute atomic E-state index is 0.0958. The molecular weight excluding hydrogens is 374 g/mol. The van der Waals surface area contributed by atoms with Crippen LogP contribution in [0.1, 0.15) is 30.5 Å². The number of carbonyl (C=O) groups excluding carboxylic acids is 2. The Hall–Kier alpha value is -3.86. The Labute approximate surface area is 176 Å². The van der Waals surface area contributed by atoms with Gasteiger partial charge in [0, 0.05) is 13.1 Å². The molecule has 1 aliphatic rings. The smallest absolute Gasteiger partial charge is 0.241 e. The lowest BCUT2D eigenvalue weighted by Gasteiger charge is -2.33. The van der Waals surface area contributed by atoms with Gasteiger partial charge in [0.15, 0.2) is 0 Å². The highest BCUT2D eigenvalue weighted by atomic mass is 16.2. The van der Waals surface area contributed by atoms with Gasteiger partial charge < -0.3 is 4.90 Å². The minimum atomic E-state index is -0.350. The average molecular weight is 397 g/mol. The third kappa shape index (κ3) is 4.10. The molecule has 1 atom stereocenters. The molecule has 0 aromatic heterocycles. The van der Waals surface area contributed by atoms with Crippen molar-refractivity contribution >= 4 is 29.3 Å². The summed E-state index contributed by atoms with van der Waals surface area (Å²) in [6, 6.07) is 26.8. The summed E-state index contributed by atoms with van der Waals surface area (Å²) in [5, 5.41) is 1.77. The van der Waals surface area contributed by atoms with Gasteiger partial charge in [-0.25, -0.2) is 0 Å². The maximum absolute atomic E-state index is 13.1. The fraction of sp³-hybridized carbons (Fsp3) is 0.120. The average Bonchev–Trinajstić information content (AvgIpc) is 2.78.